The molecule has 0 amide bonds. The molecule has 0 saturated carbocycles. The highest BCUT2D eigenvalue weighted by Gasteiger charge is 2.45. The predicted molar refractivity (Wildman–Crippen MR) is 40.6 cm³/mol. The van der Waals surface area contributed by atoms with Crippen LogP contribution in [0.25, 0.3) is 0 Å². The normalized spacial score (nSPS) is 39.2. The van der Waals surface area contributed by atoms with E-state index in [2.05, 4.69) is 0 Å². The maximum absolute atomic E-state index is 5.50. The Balaban J connectivity index is 1.61. The molecule has 0 aliphatic carbocycles. The van der Waals surface area contributed by atoms with Crippen LogP contribution >= 0.6 is 0 Å². The average molecular weight is 174 g/mol. The first-order valence-electron chi connectivity index (χ1n) is 4.28. The molecule has 2 fully saturated rings. The Morgan fingerprint density at radius 2 is 2.25 bits per heavy atom. The topological polar surface area (TPSA) is 40.2 Å². The van der Waals surface area contributed by atoms with Crippen LogP contribution < -0.4 is 0 Å². The molecule has 0 spiro atoms. The van der Waals surface area contributed by atoms with Crippen LogP contribution in [0.2, 0.25) is 0 Å². The third kappa shape index (κ3) is 1.95. The molecule has 0 aromatic heterocycles. The molecular formula is C8H14O4. The molecule has 0 radical (unpaired) electrons. The lowest BCUT2D eigenvalue weighted by molar-refractivity contribution is -0.102. The van der Waals surface area contributed by atoms with Crippen LogP contribution in [0.4, 0.5) is 0 Å². The van der Waals surface area contributed by atoms with Gasteiger partial charge in [-0.25, -0.2) is 0 Å². The quantitative estimate of drug-likeness (QED) is 0.354. The number of rotatable bonds is 4. The Hall–Kier alpha value is -0.160. The van der Waals surface area contributed by atoms with E-state index in [-0.39, 0.29) is 12.4 Å². The molecule has 2 rings (SSSR count). The monoisotopic (exact) mass is 174 g/mol. The number of ether oxygens (including phenoxy) is 4. The highest BCUT2D eigenvalue weighted by molar-refractivity contribution is 4.84. The van der Waals surface area contributed by atoms with E-state index in [4.69, 9.17) is 18.9 Å². The van der Waals surface area contributed by atoms with Crippen molar-refractivity contribution in [3.63, 3.8) is 0 Å². The number of methoxy groups -OCH3 is 1. The summed E-state index contributed by atoms with van der Waals surface area (Å²) in [7, 11) is 1.61. The van der Waals surface area contributed by atoms with Gasteiger partial charge in [0.25, 0.3) is 0 Å². The summed E-state index contributed by atoms with van der Waals surface area (Å²) in [6, 6.07) is 0. The van der Waals surface area contributed by atoms with Crippen LogP contribution in [0, 0.1) is 0 Å². The molecule has 4 heteroatoms. The summed E-state index contributed by atoms with van der Waals surface area (Å²) >= 11 is 0. The van der Waals surface area contributed by atoms with Gasteiger partial charge in [-0.1, -0.05) is 0 Å². The molecule has 2 heterocycles. The average Bonchev–Trinajstić information content (AvgIpc) is 2.83. The summed E-state index contributed by atoms with van der Waals surface area (Å²) in [5.74, 6) is 0. The van der Waals surface area contributed by atoms with Crippen molar-refractivity contribution in [2.45, 2.75) is 31.3 Å². The number of hydrogen-bond acceptors (Lipinski definition) is 4. The van der Waals surface area contributed by atoms with Crippen molar-refractivity contribution in [3.8, 4) is 0 Å². The third-order valence-corrected chi connectivity index (χ3v) is 2.14. The highest BCUT2D eigenvalue weighted by Crippen LogP contribution is 2.34. The van der Waals surface area contributed by atoms with Gasteiger partial charge in [-0.05, 0) is 12.8 Å². The Kier molecular flexibility index (Phi) is 2.60. The molecule has 2 aliphatic rings. The molecule has 0 N–H and O–H groups in total. The second kappa shape index (κ2) is 3.70. The number of fused-ring (bicyclic) bond motifs is 1. The second-order valence-corrected chi connectivity index (χ2v) is 3.16. The van der Waals surface area contributed by atoms with E-state index in [0.29, 0.717) is 19.5 Å². The van der Waals surface area contributed by atoms with Crippen molar-refractivity contribution < 1.29 is 18.9 Å². The first-order valence-corrected chi connectivity index (χ1v) is 4.28. The van der Waals surface area contributed by atoms with Gasteiger partial charge in [-0.3, -0.25) is 0 Å². The summed E-state index contributed by atoms with van der Waals surface area (Å²) in [6.45, 7) is 0.954. The van der Waals surface area contributed by atoms with E-state index >= 15 is 0 Å². The van der Waals surface area contributed by atoms with Crippen molar-refractivity contribution in [3.05, 3.63) is 0 Å². The fourth-order valence-electron chi connectivity index (χ4n) is 1.44. The first kappa shape index (κ1) is 8.44. The zero-order chi connectivity index (χ0) is 8.39. The van der Waals surface area contributed by atoms with Gasteiger partial charge in [0.05, 0.1) is 12.7 Å². The maximum atomic E-state index is 5.50. The van der Waals surface area contributed by atoms with Gasteiger partial charge in [0, 0.05) is 7.11 Å². The molecule has 0 unspecified atom stereocenters. The van der Waals surface area contributed by atoms with Crippen molar-refractivity contribution in [1.82, 2.24) is 0 Å². The van der Waals surface area contributed by atoms with Gasteiger partial charge in [0.1, 0.15) is 12.9 Å². The molecule has 2 aliphatic heterocycles. The molecule has 0 aromatic carbocycles. The van der Waals surface area contributed by atoms with Gasteiger partial charge in [0.2, 0.25) is 0 Å². The highest BCUT2D eigenvalue weighted by atomic mass is 16.8. The van der Waals surface area contributed by atoms with Gasteiger partial charge in [0.15, 0.2) is 6.29 Å². The zero-order valence-corrected chi connectivity index (χ0v) is 7.19. The summed E-state index contributed by atoms with van der Waals surface area (Å²) < 4.78 is 20.7. The maximum Gasteiger partial charge on any atom is 0.184 e. The van der Waals surface area contributed by atoms with Gasteiger partial charge in [-0.2, -0.15) is 0 Å². The Bertz CT molecular complexity index is 150. The summed E-state index contributed by atoms with van der Waals surface area (Å²) in [6.07, 6.45) is 2.78. The lowest BCUT2D eigenvalue weighted by Gasteiger charge is -2.18. The molecule has 0 bridgehead atoms. The van der Waals surface area contributed by atoms with E-state index in [0.717, 1.165) is 12.8 Å². The molecule has 70 valence electrons. The molecule has 2 saturated heterocycles. The Morgan fingerprint density at radius 3 is 3.00 bits per heavy atom. The third-order valence-electron chi connectivity index (χ3n) is 2.14. The number of hydrogen-bond donors (Lipinski definition) is 0. The fraction of sp³-hybridized carbons (Fsp3) is 1.00. The molecular weight excluding hydrogens is 160 g/mol. The predicted octanol–water partition coefficient (Wildman–Crippen LogP) is 0.511. The molecule has 3 atom stereocenters. The molecule has 4 nitrogen and oxygen atoms in total. The molecule has 0 aromatic rings. The van der Waals surface area contributed by atoms with Crippen molar-refractivity contribution in [2.75, 3.05) is 20.5 Å². The fourth-order valence-corrected chi connectivity index (χ4v) is 1.44. The SMILES string of the molecule is COCOC[C@@H]1CC[C@H]2O[C@@H]2O1. The first-order chi connectivity index (χ1) is 5.90. The number of epoxide rings is 1. The van der Waals surface area contributed by atoms with Gasteiger partial charge in [-0.15, -0.1) is 0 Å². The minimum Gasteiger partial charge on any atom is -0.359 e. The largest absolute Gasteiger partial charge is 0.359 e. The van der Waals surface area contributed by atoms with Crippen LogP contribution in [-0.2, 0) is 18.9 Å². The van der Waals surface area contributed by atoms with Crippen LogP contribution in [0.15, 0.2) is 0 Å². The van der Waals surface area contributed by atoms with Crippen molar-refractivity contribution >= 4 is 0 Å². The van der Waals surface area contributed by atoms with Gasteiger partial charge < -0.3 is 18.9 Å². The van der Waals surface area contributed by atoms with E-state index < -0.39 is 0 Å². The summed E-state index contributed by atoms with van der Waals surface area (Å²) in [5.41, 5.74) is 0. The Labute approximate surface area is 71.7 Å². The van der Waals surface area contributed by atoms with Crippen molar-refractivity contribution in [1.29, 1.82) is 0 Å². The second-order valence-electron chi connectivity index (χ2n) is 3.16. The van der Waals surface area contributed by atoms with Crippen LogP contribution in [-0.4, -0.2) is 39.0 Å². The van der Waals surface area contributed by atoms with Crippen molar-refractivity contribution in [2.24, 2.45) is 0 Å². The molecule has 12 heavy (non-hydrogen) atoms. The smallest absolute Gasteiger partial charge is 0.184 e. The lowest BCUT2D eigenvalue weighted by Crippen LogP contribution is -2.26. The van der Waals surface area contributed by atoms with Crippen LogP contribution in [0.3, 0.4) is 0 Å². The van der Waals surface area contributed by atoms with Gasteiger partial charge >= 0.3 is 0 Å². The minimum absolute atomic E-state index is 0.0647. The van der Waals surface area contributed by atoms with E-state index in [9.17, 15) is 0 Å². The van der Waals surface area contributed by atoms with E-state index in [1.54, 1.807) is 7.11 Å². The Morgan fingerprint density at radius 1 is 1.33 bits per heavy atom. The standard InChI is InChI=1S/C8H14O4/c1-9-5-10-4-6-2-3-7-8(11-6)12-7/h6-8H,2-5H2,1H3/t6-,7+,8-/m0/s1. The van der Waals surface area contributed by atoms with E-state index in [1.165, 1.54) is 0 Å². The zero-order valence-electron chi connectivity index (χ0n) is 7.19. The minimum atomic E-state index is 0.0647. The lowest BCUT2D eigenvalue weighted by atomic mass is 10.1. The van der Waals surface area contributed by atoms with E-state index in [1.807, 2.05) is 0 Å². The van der Waals surface area contributed by atoms with Crippen LogP contribution in [0.5, 0.6) is 0 Å². The summed E-state index contributed by atoms with van der Waals surface area (Å²) in [5, 5.41) is 0. The summed E-state index contributed by atoms with van der Waals surface area (Å²) in [4.78, 5) is 0. The van der Waals surface area contributed by atoms with Crippen LogP contribution in [0.1, 0.15) is 12.8 Å².